The van der Waals surface area contributed by atoms with Crippen LogP contribution in [-0.2, 0) is 14.3 Å². The Morgan fingerprint density at radius 2 is 1.79 bits per heavy atom. The molecule has 0 radical (unpaired) electrons. The van der Waals surface area contributed by atoms with Crippen molar-refractivity contribution in [2.75, 3.05) is 57.3 Å². The third-order valence-electron chi connectivity index (χ3n) is 6.51. The molecule has 0 spiro atoms. The predicted molar refractivity (Wildman–Crippen MR) is 140 cm³/mol. The van der Waals surface area contributed by atoms with Gasteiger partial charge in [0.15, 0.2) is 0 Å². The summed E-state index contributed by atoms with van der Waals surface area (Å²) in [6.07, 6.45) is -0.287. The monoisotopic (exact) mass is 525 g/mol. The summed E-state index contributed by atoms with van der Waals surface area (Å²) in [6.45, 7) is 7.29. The summed E-state index contributed by atoms with van der Waals surface area (Å²) >= 11 is 0. The highest BCUT2D eigenvalue weighted by Crippen LogP contribution is 2.23. The van der Waals surface area contributed by atoms with Crippen molar-refractivity contribution in [2.24, 2.45) is 10.7 Å². The van der Waals surface area contributed by atoms with Gasteiger partial charge in [-0.1, -0.05) is 6.07 Å². The van der Waals surface area contributed by atoms with Crippen molar-refractivity contribution < 1.29 is 28.2 Å². The molecule has 0 aliphatic carbocycles. The number of carbonyl (C=O) groups is 3. The van der Waals surface area contributed by atoms with Gasteiger partial charge in [-0.2, -0.15) is 4.99 Å². The minimum atomic E-state index is -0.642. The average Bonchev–Trinajstić information content (AvgIpc) is 3.28. The lowest BCUT2D eigenvalue weighted by atomic mass is 10.1. The van der Waals surface area contributed by atoms with Crippen molar-refractivity contribution in [2.45, 2.75) is 19.4 Å². The Bertz CT molecular complexity index is 1180. The number of cyclic esters (lactones) is 1. The van der Waals surface area contributed by atoms with E-state index in [0.29, 0.717) is 43.9 Å². The lowest BCUT2D eigenvalue weighted by Gasteiger charge is -2.35. The Kier molecular flexibility index (Phi) is 9.03. The molecule has 2 aliphatic heterocycles. The summed E-state index contributed by atoms with van der Waals surface area (Å²) in [5.74, 6) is -1.35. The van der Waals surface area contributed by atoms with Gasteiger partial charge in [0, 0.05) is 56.1 Å². The summed E-state index contributed by atoms with van der Waals surface area (Å²) < 4.78 is 24.0. The van der Waals surface area contributed by atoms with Crippen LogP contribution in [0.25, 0.3) is 0 Å². The molecule has 2 amide bonds. The number of hydrogen-bond acceptors (Lipinski definition) is 7. The molecule has 2 heterocycles. The molecule has 1 atom stereocenters. The first-order valence-electron chi connectivity index (χ1n) is 12.7. The summed E-state index contributed by atoms with van der Waals surface area (Å²) in [5, 5.41) is 0. The number of hydrogen-bond donors (Lipinski definition) is 1. The van der Waals surface area contributed by atoms with Crippen molar-refractivity contribution in [1.82, 2.24) is 9.80 Å². The third-order valence-corrected chi connectivity index (χ3v) is 6.51. The highest BCUT2D eigenvalue weighted by molar-refractivity contribution is 6.09. The second-order valence-corrected chi connectivity index (χ2v) is 9.17. The maximum atomic E-state index is 13.4. The summed E-state index contributed by atoms with van der Waals surface area (Å²) in [7, 11) is 0. The SMILES string of the molecule is CCOC(=O)CCN1CCN(CC2CN(c3ccc(C(N)=NC(=O)c4cccc(F)c4)cc3)C(=O)O2)CC1. The van der Waals surface area contributed by atoms with Crippen LogP contribution in [0, 0.1) is 5.82 Å². The van der Waals surface area contributed by atoms with E-state index in [9.17, 15) is 18.8 Å². The number of esters is 1. The molecule has 10 nitrogen and oxygen atoms in total. The largest absolute Gasteiger partial charge is 0.466 e. The number of aliphatic imine (C=N–C) groups is 1. The molecule has 2 N–H and O–H groups in total. The van der Waals surface area contributed by atoms with Crippen LogP contribution in [0.3, 0.4) is 0 Å². The fraction of sp³-hybridized carbons (Fsp3) is 0.407. The van der Waals surface area contributed by atoms with E-state index in [2.05, 4.69) is 14.8 Å². The van der Waals surface area contributed by atoms with E-state index in [-0.39, 0.29) is 23.5 Å². The maximum absolute atomic E-state index is 13.4. The minimum Gasteiger partial charge on any atom is -0.466 e. The minimum absolute atomic E-state index is 0.00548. The quantitative estimate of drug-likeness (QED) is 0.301. The molecule has 2 saturated heterocycles. The zero-order valence-electron chi connectivity index (χ0n) is 21.3. The Hall–Kier alpha value is -3.83. The van der Waals surface area contributed by atoms with Crippen LogP contribution in [0.4, 0.5) is 14.9 Å². The molecule has 11 heteroatoms. The van der Waals surface area contributed by atoms with Gasteiger partial charge in [-0.3, -0.25) is 19.4 Å². The van der Waals surface area contributed by atoms with Gasteiger partial charge in [0.1, 0.15) is 17.8 Å². The van der Waals surface area contributed by atoms with Crippen molar-refractivity contribution in [1.29, 1.82) is 0 Å². The summed E-state index contributed by atoms with van der Waals surface area (Å²) in [5.41, 5.74) is 7.24. The normalized spacial score (nSPS) is 18.9. The zero-order chi connectivity index (χ0) is 27.1. The van der Waals surface area contributed by atoms with E-state index < -0.39 is 17.8 Å². The number of ether oxygens (including phenoxy) is 2. The Labute approximate surface area is 220 Å². The van der Waals surface area contributed by atoms with E-state index in [1.165, 1.54) is 18.2 Å². The first-order valence-corrected chi connectivity index (χ1v) is 12.7. The fourth-order valence-corrected chi connectivity index (χ4v) is 4.47. The number of halogens is 1. The predicted octanol–water partition coefficient (Wildman–Crippen LogP) is 2.27. The molecule has 202 valence electrons. The number of nitrogens with zero attached hydrogens (tertiary/aromatic N) is 4. The Morgan fingerprint density at radius 3 is 2.47 bits per heavy atom. The molecule has 0 bridgehead atoms. The number of rotatable bonds is 9. The second kappa shape index (κ2) is 12.6. The van der Waals surface area contributed by atoms with Crippen molar-refractivity contribution >= 4 is 29.5 Å². The molecule has 2 aromatic rings. The highest BCUT2D eigenvalue weighted by Gasteiger charge is 2.34. The van der Waals surface area contributed by atoms with Crippen LogP contribution >= 0.6 is 0 Å². The second-order valence-electron chi connectivity index (χ2n) is 9.17. The number of nitrogens with two attached hydrogens (primary N) is 1. The van der Waals surface area contributed by atoms with Crippen LogP contribution in [0.5, 0.6) is 0 Å². The lowest BCUT2D eigenvalue weighted by molar-refractivity contribution is -0.143. The van der Waals surface area contributed by atoms with Gasteiger partial charge >= 0.3 is 12.1 Å². The molecule has 2 fully saturated rings. The van der Waals surface area contributed by atoms with E-state index in [1.54, 1.807) is 36.1 Å². The molecule has 2 aromatic carbocycles. The standard InChI is InChI=1S/C27H32FN5O5/c1-2-37-24(34)10-11-31-12-14-32(15-13-31)17-23-18-33(27(36)38-23)22-8-6-19(7-9-22)25(29)30-26(35)20-4-3-5-21(28)16-20/h3-9,16,23H,2,10-15,17-18H2,1H3,(H2,29,30,35). The van der Waals surface area contributed by atoms with Gasteiger partial charge in [0.25, 0.3) is 5.91 Å². The lowest BCUT2D eigenvalue weighted by Crippen LogP contribution is -2.49. The fourth-order valence-electron chi connectivity index (χ4n) is 4.47. The van der Waals surface area contributed by atoms with Crippen molar-refractivity contribution in [3.63, 3.8) is 0 Å². The van der Waals surface area contributed by atoms with Gasteiger partial charge in [-0.25, -0.2) is 9.18 Å². The number of amidine groups is 1. The number of benzene rings is 2. The van der Waals surface area contributed by atoms with Gasteiger partial charge in [0.05, 0.1) is 19.6 Å². The highest BCUT2D eigenvalue weighted by atomic mass is 19.1. The topological polar surface area (TPSA) is 118 Å². The Morgan fingerprint density at radius 1 is 1.08 bits per heavy atom. The third kappa shape index (κ3) is 7.14. The molecule has 0 saturated carbocycles. The maximum Gasteiger partial charge on any atom is 0.414 e. The van der Waals surface area contributed by atoms with Crippen LogP contribution in [0.15, 0.2) is 53.5 Å². The Balaban J connectivity index is 1.27. The molecule has 1 unspecified atom stereocenters. The van der Waals surface area contributed by atoms with Crippen LogP contribution < -0.4 is 10.6 Å². The number of piperazine rings is 1. The molecule has 38 heavy (non-hydrogen) atoms. The van der Waals surface area contributed by atoms with Crippen molar-refractivity contribution in [3.05, 3.63) is 65.5 Å². The molecule has 4 rings (SSSR count). The molecular weight excluding hydrogens is 493 g/mol. The van der Waals surface area contributed by atoms with Crippen molar-refractivity contribution in [3.8, 4) is 0 Å². The van der Waals surface area contributed by atoms with Gasteiger partial charge in [-0.15, -0.1) is 0 Å². The zero-order valence-corrected chi connectivity index (χ0v) is 21.3. The molecule has 0 aromatic heterocycles. The van der Waals surface area contributed by atoms with E-state index >= 15 is 0 Å². The average molecular weight is 526 g/mol. The van der Waals surface area contributed by atoms with E-state index in [1.807, 2.05) is 0 Å². The van der Waals surface area contributed by atoms with Gasteiger partial charge in [-0.05, 0) is 49.4 Å². The van der Waals surface area contributed by atoms with Crippen LogP contribution in [0.2, 0.25) is 0 Å². The van der Waals surface area contributed by atoms with Gasteiger partial charge < -0.3 is 20.1 Å². The molecular formula is C27H32FN5O5. The summed E-state index contributed by atoms with van der Waals surface area (Å²) in [6, 6.07) is 12.0. The van der Waals surface area contributed by atoms with E-state index in [4.69, 9.17) is 15.2 Å². The number of amides is 2. The van der Waals surface area contributed by atoms with Gasteiger partial charge in [0.2, 0.25) is 0 Å². The first-order chi connectivity index (χ1) is 18.3. The van der Waals surface area contributed by atoms with Crippen LogP contribution in [0.1, 0.15) is 29.3 Å². The smallest absolute Gasteiger partial charge is 0.414 e. The number of carbonyl (C=O) groups excluding carboxylic acids is 3. The summed E-state index contributed by atoms with van der Waals surface area (Å²) in [4.78, 5) is 46.3. The first kappa shape index (κ1) is 27.2. The molecule has 2 aliphatic rings. The van der Waals surface area contributed by atoms with E-state index in [0.717, 1.165) is 32.2 Å². The van der Waals surface area contributed by atoms with Crippen LogP contribution in [-0.4, -0.2) is 92.1 Å². The number of anilines is 1.